The summed E-state index contributed by atoms with van der Waals surface area (Å²) in [4.78, 5) is 12.0. The van der Waals surface area contributed by atoms with Gasteiger partial charge in [0.05, 0.1) is 5.25 Å². The number of hydrogen-bond acceptors (Lipinski definition) is 4. The summed E-state index contributed by atoms with van der Waals surface area (Å²) in [5.41, 5.74) is 1.06. The zero-order valence-corrected chi connectivity index (χ0v) is 13.0. The van der Waals surface area contributed by atoms with Crippen molar-refractivity contribution in [2.24, 2.45) is 0 Å². The summed E-state index contributed by atoms with van der Waals surface area (Å²) >= 11 is 1.58. The molecule has 1 aromatic carbocycles. The molecule has 0 spiro atoms. The Kier molecular flexibility index (Phi) is 4.39. The lowest BCUT2D eigenvalue weighted by Gasteiger charge is -2.19. The van der Waals surface area contributed by atoms with E-state index in [9.17, 15) is 4.79 Å². The number of rotatable bonds is 4. The Labute approximate surface area is 129 Å². The predicted octanol–water partition coefficient (Wildman–Crippen LogP) is 3.57. The van der Waals surface area contributed by atoms with Crippen molar-refractivity contribution in [3.05, 3.63) is 30.3 Å². The minimum atomic E-state index is 0.0527. The first kappa shape index (κ1) is 14.3. The summed E-state index contributed by atoms with van der Waals surface area (Å²) in [6, 6.07) is 10.1. The Morgan fingerprint density at radius 2 is 2.05 bits per heavy atom. The fourth-order valence-electron chi connectivity index (χ4n) is 2.66. The number of carbonyl (C=O) groups excluding carboxylic acids is 1. The normalized spacial score (nSPS) is 18.9. The molecule has 0 amide bonds. The van der Waals surface area contributed by atoms with Gasteiger partial charge in [-0.05, 0) is 19.8 Å². The second kappa shape index (κ2) is 6.43. The quantitative estimate of drug-likeness (QED) is 0.866. The van der Waals surface area contributed by atoms with Crippen molar-refractivity contribution in [2.45, 2.75) is 49.6 Å². The van der Waals surface area contributed by atoms with Crippen LogP contribution in [-0.4, -0.2) is 25.8 Å². The van der Waals surface area contributed by atoms with Gasteiger partial charge in [0.25, 0.3) is 0 Å². The summed E-state index contributed by atoms with van der Waals surface area (Å²) in [7, 11) is 0. The highest BCUT2D eigenvalue weighted by Gasteiger charge is 2.26. The van der Waals surface area contributed by atoms with Crippen LogP contribution < -0.4 is 0 Å². The molecule has 110 valence electrons. The van der Waals surface area contributed by atoms with E-state index in [2.05, 4.69) is 21.7 Å². The first-order chi connectivity index (χ1) is 10.3. The number of Topliss-reactive ketones (excluding diaryl/α,β-unsaturated/α-hetero) is 1. The molecule has 0 N–H and O–H groups in total. The first-order valence-corrected chi connectivity index (χ1v) is 8.35. The van der Waals surface area contributed by atoms with Gasteiger partial charge >= 0.3 is 0 Å². The first-order valence-electron chi connectivity index (χ1n) is 7.47. The third kappa shape index (κ3) is 3.02. The molecule has 1 atom stereocenters. The van der Waals surface area contributed by atoms with Gasteiger partial charge < -0.3 is 4.57 Å². The van der Waals surface area contributed by atoms with Crippen LogP contribution in [0.15, 0.2) is 35.5 Å². The van der Waals surface area contributed by atoms with E-state index in [-0.39, 0.29) is 5.25 Å². The van der Waals surface area contributed by atoms with E-state index in [1.807, 2.05) is 30.3 Å². The van der Waals surface area contributed by atoms with Crippen molar-refractivity contribution >= 4 is 17.5 Å². The van der Waals surface area contributed by atoms with Crippen LogP contribution >= 0.6 is 11.8 Å². The highest BCUT2D eigenvalue weighted by atomic mass is 32.2. The van der Waals surface area contributed by atoms with E-state index in [1.165, 1.54) is 0 Å². The molecular formula is C16H19N3OS. The van der Waals surface area contributed by atoms with Crippen molar-refractivity contribution in [2.75, 3.05) is 0 Å². The highest BCUT2D eigenvalue weighted by Crippen LogP contribution is 2.32. The predicted molar refractivity (Wildman–Crippen MR) is 84.3 cm³/mol. The van der Waals surface area contributed by atoms with Gasteiger partial charge in [-0.3, -0.25) is 4.79 Å². The second-order valence-electron chi connectivity index (χ2n) is 5.24. The average Bonchev–Trinajstić information content (AvgIpc) is 2.93. The van der Waals surface area contributed by atoms with Gasteiger partial charge in [0, 0.05) is 18.5 Å². The molecule has 0 saturated heterocycles. The van der Waals surface area contributed by atoms with Gasteiger partial charge in [-0.15, -0.1) is 10.2 Å². The molecule has 0 bridgehead atoms. The monoisotopic (exact) mass is 301 g/mol. The second-order valence-corrected chi connectivity index (χ2v) is 6.40. The molecule has 1 saturated carbocycles. The highest BCUT2D eigenvalue weighted by molar-refractivity contribution is 8.00. The lowest BCUT2D eigenvalue weighted by molar-refractivity contribution is -0.119. The topological polar surface area (TPSA) is 47.8 Å². The molecule has 0 radical (unpaired) electrons. The Bertz CT molecular complexity index is 624. The van der Waals surface area contributed by atoms with Crippen molar-refractivity contribution < 1.29 is 4.79 Å². The molecule has 4 nitrogen and oxygen atoms in total. The molecule has 1 aromatic heterocycles. The van der Waals surface area contributed by atoms with Gasteiger partial charge in [-0.1, -0.05) is 48.5 Å². The molecular weight excluding hydrogens is 282 g/mol. The van der Waals surface area contributed by atoms with Crippen molar-refractivity contribution in [3.8, 4) is 11.4 Å². The Hall–Kier alpha value is -1.62. The number of thioether (sulfide) groups is 1. The van der Waals surface area contributed by atoms with Crippen LogP contribution in [0.3, 0.4) is 0 Å². The van der Waals surface area contributed by atoms with E-state index < -0.39 is 0 Å². The van der Waals surface area contributed by atoms with Gasteiger partial charge in [0.2, 0.25) is 0 Å². The van der Waals surface area contributed by atoms with E-state index >= 15 is 0 Å². The Balaban J connectivity index is 1.86. The summed E-state index contributed by atoms with van der Waals surface area (Å²) < 4.78 is 2.10. The molecule has 0 aliphatic heterocycles. The summed E-state index contributed by atoms with van der Waals surface area (Å²) in [6.45, 7) is 2.89. The van der Waals surface area contributed by atoms with E-state index in [0.29, 0.717) is 12.2 Å². The maximum atomic E-state index is 12.0. The minimum absolute atomic E-state index is 0.0527. The van der Waals surface area contributed by atoms with Gasteiger partial charge in [-0.25, -0.2) is 0 Å². The lowest BCUT2D eigenvalue weighted by Crippen LogP contribution is -2.21. The third-order valence-electron chi connectivity index (χ3n) is 3.81. The van der Waals surface area contributed by atoms with E-state index in [0.717, 1.165) is 42.4 Å². The molecule has 21 heavy (non-hydrogen) atoms. The summed E-state index contributed by atoms with van der Waals surface area (Å²) in [6.07, 6.45) is 3.84. The molecule has 1 fully saturated rings. The zero-order valence-electron chi connectivity index (χ0n) is 12.2. The lowest BCUT2D eigenvalue weighted by atomic mass is 9.99. The Morgan fingerprint density at radius 3 is 2.76 bits per heavy atom. The molecule has 1 heterocycles. The maximum Gasteiger partial charge on any atom is 0.192 e. The van der Waals surface area contributed by atoms with Crippen LogP contribution in [0, 0.1) is 0 Å². The number of hydrogen-bond donors (Lipinski definition) is 0. The van der Waals surface area contributed by atoms with Crippen LogP contribution in [0.4, 0.5) is 0 Å². The molecule has 3 rings (SSSR count). The number of aromatic nitrogens is 3. The summed E-state index contributed by atoms with van der Waals surface area (Å²) in [5, 5.41) is 9.55. The number of ketones is 1. The van der Waals surface area contributed by atoms with Crippen molar-refractivity contribution in [1.82, 2.24) is 14.8 Å². The smallest absolute Gasteiger partial charge is 0.192 e. The van der Waals surface area contributed by atoms with Crippen LogP contribution in [0.25, 0.3) is 11.4 Å². The molecule has 1 aliphatic carbocycles. The fraction of sp³-hybridized carbons (Fsp3) is 0.438. The number of carbonyl (C=O) groups is 1. The average molecular weight is 301 g/mol. The van der Waals surface area contributed by atoms with Crippen LogP contribution in [0.2, 0.25) is 0 Å². The maximum absolute atomic E-state index is 12.0. The largest absolute Gasteiger partial charge is 0.302 e. The standard InChI is InChI=1S/C16H19N3OS/c1-2-19-15(12-8-4-3-5-9-12)17-18-16(19)21-14-11-7-6-10-13(14)20/h3-5,8-9,14H,2,6-7,10-11H2,1H3/t14-/m0/s1. The molecule has 5 heteroatoms. The van der Waals surface area contributed by atoms with Crippen molar-refractivity contribution in [1.29, 1.82) is 0 Å². The van der Waals surface area contributed by atoms with Crippen molar-refractivity contribution in [3.63, 3.8) is 0 Å². The summed E-state index contributed by atoms with van der Waals surface area (Å²) in [5.74, 6) is 1.24. The van der Waals surface area contributed by atoms with E-state index in [1.54, 1.807) is 11.8 Å². The fourth-order valence-corrected chi connectivity index (χ4v) is 3.88. The van der Waals surface area contributed by atoms with Gasteiger partial charge in [-0.2, -0.15) is 0 Å². The zero-order chi connectivity index (χ0) is 14.7. The third-order valence-corrected chi connectivity index (χ3v) is 5.11. The van der Waals surface area contributed by atoms with Crippen LogP contribution in [0.5, 0.6) is 0 Å². The van der Waals surface area contributed by atoms with E-state index in [4.69, 9.17) is 0 Å². The SMILES string of the molecule is CCn1c(S[C@H]2CCCCC2=O)nnc1-c1ccccc1. The Morgan fingerprint density at radius 1 is 1.24 bits per heavy atom. The van der Waals surface area contributed by atoms with Gasteiger partial charge in [0.15, 0.2) is 11.0 Å². The molecule has 2 aromatic rings. The van der Waals surface area contributed by atoms with Crippen LogP contribution in [-0.2, 0) is 11.3 Å². The minimum Gasteiger partial charge on any atom is -0.302 e. The number of nitrogens with zero attached hydrogens (tertiary/aromatic N) is 3. The van der Waals surface area contributed by atoms with Gasteiger partial charge in [0.1, 0.15) is 5.78 Å². The molecule has 1 aliphatic rings. The van der Waals surface area contributed by atoms with Crippen LogP contribution in [0.1, 0.15) is 32.6 Å². The molecule has 0 unspecified atom stereocenters. The number of benzene rings is 1.